The summed E-state index contributed by atoms with van der Waals surface area (Å²) in [5.74, 6) is 0.548. The second-order valence-electron chi connectivity index (χ2n) is 10.9. The predicted octanol–water partition coefficient (Wildman–Crippen LogP) is 3.88. The van der Waals surface area contributed by atoms with Crippen LogP contribution in [0.5, 0.6) is 0 Å². The van der Waals surface area contributed by atoms with Crippen LogP contribution in [0.15, 0.2) is 24.5 Å². The van der Waals surface area contributed by atoms with Gasteiger partial charge in [-0.3, -0.25) is 19.5 Å². The molecule has 1 aliphatic rings. The summed E-state index contributed by atoms with van der Waals surface area (Å²) in [4.78, 5) is 36.6. The van der Waals surface area contributed by atoms with Gasteiger partial charge >= 0.3 is 0 Å². The van der Waals surface area contributed by atoms with Gasteiger partial charge in [-0.05, 0) is 78.1 Å². The largest absolute Gasteiger partial charge is 0.396 e. The fraction of sp³-hybridized carbons (Fsp3) is 0.741. The third-order valence-corrected chi connectivity index (χ3v) is 7.56. The number of aromatic nitrogens is 1. The first kappa shape index (κ1) is 28.2. The van der Waals surface area contributed by atoms with Crippen LogP contribution in [-0.2, 0) is 9.59 Å². The normalized spacial score (nSPS) is 19.3. The molecule has 2 unspecified atom stereocenters. The molecule has 7 nitrogen and oxygen atoms in total. The molecule has 2 heterocycles. The minimum atomic E-state index is -0.433. The number of aliphatic hydroxyl groups is 1. The smallest absolute Gasteiger partial charge is 0.222 e. The van der Waals surface area contributed by atoms with Gasteiger partial charge in [0, 0.05) is 62.1 Å². The Kier molecular flexibility index (Phi) is 10.1. The van der Waals surface area contributed by atoms with E-state index in [4.69, 9.17) is 0 Å². The first-order chi connectivity index (χ1) is 16.0. The van der Waals surface area contributed by atoms with Crippen LogP contribution in [-0.4, -0.2) is 81.0 Å². The van der Waals surface area contributed by atoms with E-state index in [2.05, 4.69) is 36.8 Å². The van der Waals surface area contributed by atoms with Crippen molar-refractivity contribution in [3.05, 3.63) is 30.1 Å². The third-order valence-electron chi connectivity index (χ3n) is 7.56. The minimum absolute atomic E-state index is 0.0370. The number of hydrogen-bond acceptors (Lipinski definition) is 5. The Labute approximate surface area is 206 Å². The maximum atomic E-state index is 13.2. The van der Waals surface area contributed by atoms with Gasteiger partial charge in [-0.2, -0.15) is 0 Å². The number of likely N-dealkylation sites (tertiary alicyclic amines) is 1. The van der Waals surface area contributed by atoms with E-state index >= 15 is 0 Å². The summed E-state index contributed by atoms with van der Waals surface area (Å²) in [5, 5.41) is 9.53. The molecule has 7 heteroatoms. The topological polar surface area (TPSA) is 77.0 Å². The summed E-state index contributed by atoms with van der Waals surface area (Å²) in [6, 6.07) is 4.34. The van der Waals surface area contributed by atoms with Gasteiger partial charge in [-0.1, -0.05) is 19.9 Å². The van der Waals surface area contributed by atoms with Crippen molar-refractivity contribution in [1.82, 2.24) is 19.7 Å². The van der Waals surface area contributed by atoms with Crippen molar-refractivity contribution in [2.45, 2.75) is 90.8 Å². The molecule has 2 atom stereocenters. The van der Waals surface area contributed by atoms with Crippen molar-refractivity contribution >= 4 is 11.8 Å². The fourth-order valence-corrected chi connectivity index (χ4v) is 5.29. The lowest BCUT2D eigenvalue weighted by atomic mass is 9.89. The average Bonchev–Trinajstić information content (AvgIpc) is 3.16. The van der Waals surface area contributed by atoms with E-state index in [1.165, 1.54) is 5.56 Å². The van der Waals surface area contributed by atoms with Gasteiger partial charge in [0.2, 0.25) is 11.8 Å². The highest BCUT2D eigenvalue weighted by Gasteiger charge is 2.40. The quantitative estimate of drug-likeness (QED) is 0.497. The molecule has 1 aromatic rings. The summed E-state index contributed by atoms with van der Waals surface area (Å²) < 4.78 is 0. The van der Waals surface area contributed by atoms with Crippen molar-refractivity contribution in [3.63, 3.8) is 0 Å². The molecule has 0 aromatic carbocycles. The van der Waals surface area contributed by atoms with Crippen LogP contribution in [0.1, 0.15) is 85.3 Å². The molecule has 1 aliphatic heterocycles. The molecule has 1 N–H and O–H groups in total. The van der Waals surface area contributed by atoms with Crippen molar-refractivity contribution in [2.24, 2.45) is 5.92 Å². The van der Waals surface area contributed by atoms with E-state index in [-0.39, 0.29) is 24.5 Å². The molecule has 0 aliphatic carbocycles. The molecular formula is C27H46N4O3. The van der Waals surface area contributed by atoms with E-state index in [0.717, 1.165) is 13.0 Å². The number of nitrogens with zero attached hydrogens (tertiary/aromatic N) is 4. The Hall–Kier alpha value is -1.99. The zero-order valence-electron chi connectivity index (χ0n) is 22.4. The monoisotopic (exact) mass is 474 g/mol. The van der Waals surface area contributed by atoms with Crippen LogP contribution in [0, 0.1) is 5.92 Å². The zero-order chi connectivity index (χ0) is 25.5. The highest BCUT2D eigenvalue weighted by molar-refractivity contribution is 5.77. The number of carbonyl (C=O) groups is 2. The van der Waals surface area contributed by atoms with Crippen molar-refractivity contribution in [1.29, 1.82) is 0 Å². The van der Waals surface area contributed by atoms with Crippen molar-refractivity contribution < 1.29 is 14.7 Å². The molecule has 0 saturated carbocycles. The second-order valence-corrected chi connectivity index (χ2v) is 10.9. The van der Waals surface area contributed by atoms with Crippen molar-refractivity contribution in [2.75, 3.05) is 33.3 Å². The highest BCUT2D eigenvalue weighted by atomic mass is 16.3. The molecule has 1 aromatic heterocycles. The number of aliphatic hydroxyl groups excluding tert-OH is 1. The predicted molar refractivity (Wildman–Crippen MR) is 136 cm³/mol. The number of carbonyl (C=O) groups excluding carboxylic acids is 2. The Balaban J connectivity index is 2.24. The molecule has 1 fully saturated rings. The van der Waals surface area contributed by atoms with E-state index in [1.54, 1.807) is 6.20 Å². The van der Waals surface area contributed by atoms with Crippen LogP contribution in [0.4, 0.5) is 0 Å². The molecule has 2 amide bonds. The van der Waals surface area contributed by atoms with E-state index in [1.807, 2.05) is 49.8 Å². The standard InChI is InChI=1S/C27H46N4O3/c1-8-23(33)30(27(5,6)14-18-32)17-13-26(3,4)31(24(34)9-2)20-22-12-16-29(7)25(22)21-11-10-15-28-19-21/h10-11,15,19,22,25,32H,8-9,12-14,16-18,20H2,1-7H3. The van der Waals surface area contributed by atoms with Gasteiger partial charge in [-0.15, -0.1) is 0 Å². The number of pyridine rings is 1. The molecule has 2 rings (SSSR count). The Morgan fingerprint density at radius 3 is 2.26 bits per heavy atom. The van der Waals surface area contributed by atoms with Crippen LogP contribution >= 0.6 is 0 Å². The molecule has 0 bridgehead atoms. The molecule has 34 heavy (non-hydrogen) atoms. The van der Waals surface area contributed by atoms with Gasteiger partial charge in [0.15, 0.2) is 0 Å². The van der Waals surface area contributed by atoms with E-state index in [0.29, 0.717) is 44.7 Å². The Bertz CT molecular complexity index is 796. The van der Waals surface area contributed by atoms with Gasteiger partial charge in [-0.25, -0.2) is 0 Å². The van der Waals surface area contributed by atoms with Crippen LogP contribution in [0.25, 0.3) is 0 Å². The summed E-state index contributed by atoms with van der Waals surface area (Å²) >= 11 is 0. The lowest BCUT2D eigenvalue weighted by molar-refractivity contribution is -0.139. The molecule has 1 saturated heterocycles. The maximum Gasteiger partial charge on any atom is 0.222 e. The Morgan fingerprint density at radius 2 is 1.71 bits per heavy atom. The number of rotatable bonds is 12. The lowest BCUT2D eigenvalue weighted by Gasteiger charge is -2.45. The maximum absolute atomic E-state index is 13.2. The van der Waals surface area contributed by atoms with Crippen LogP contribution < -0.4 is 0 Å². The fourth-order valence-electron chi connectivity index (χ4n) is 5.29. The SMILES string of the molecule is CCC(=O)N(CCC(C)(C)N(CC1CCN(C)C1c1cccnc1)C(=O)CC)C(C)(C)CCO. The van der Waals surface area contributed by atoms with E-state index in [9.17, 15) is 14.7 Å². The van der Waals surface area contributed by atoms with Gasteiger partial charge in [0.1, 0.15) is 0 Å². The second kappa shape index (κ2) is 12.1. The number of amides is 2. The van der Waals surface area contributed by atoms with Crippen molar-refractivity contribution in [3.8, 4) is 0 Å². The molecule has 192 valence electrons. The van der Waals surface area contributed by atoms with E-state index < -0.39 is 11.1 Å². The van der Waals surface area contributed by atoms with Gasteiger partial charge in [0.25, 0.3) is 0 Å². The van der Waals surface area contributed by atoms with Gasteiger partial charge < -0.3 is 14.9 Å². The summed E-state index contributed by atoms with van der Waals surface area (Å²) in [7, 11) is 2.15. The number of hydrogen-bond donors (Lipinski definition) is 1. The average molecular weight is 475 g/mol. The third kappa shape index (κ3) is 6.79. The summed E-state index contributed by atoms with van der Waals surface area (Å²) in [5.41, 5.74) is 0.353. The molecule has 0 spiro atoms. The molecular weight excluding hydrogens is 428 g/mol. The highest BCUT2D eigenvalue weighted by Crippen LogP contribution is 2.38. The first-order valence-electron chi connectivity index (χ1n) is 12.8. The van der Waals surface area contributed by atoms with Gasteiger partial charge in [0.05, 0.1) is 0 Å². The van der Waals surface area contributed by atoms with Crippen LogP contribution in [0.3, 0.4) is 0 Å². The molecule has 0 radical (unpaired) electrons. The summed E-state index contributed by atoms with van der Waals surface area (Å²) in [6.07, 6.45) is 6.85. The minimum Gasteiger partial charge on any atom is -0.396 e. The Morgan fingerprint density at radius 1 is 1.09 bits per heavy atom. The first-order valence-corrected chi connectivity index (χ1v) is 12.8. The zero-order valence-corrected chi connectivity index (χ0v) is 22.4. The lowest BCUT2D eigenvalue weighted by Crippen LogP contribution is -2.54. The van der Waals surface area contributed by atoms with Crippen LogP contribution in [0.2, 0.25) is 0 Å². The summed E-state index contributed by atoms with van der Waals surface area (Å²) in [6.45, 7) is 14.3.